The summed E-state index contributed by atoms with van der Waals surface area (Å²) in [7, 11) is -3.69. The Morgan fingerprint density at radius 1 is 1.13 bits per heavy atom. The molecule has 0 saturated heterocycles. The highest BCUT2D eigenvalue weighted by molar-refractivity contribution is 7.89. The summed E-state index contributed by atoms with van der Waals surface area (Å²) in [6.45, 7) is 4.26. The number of nitrogens with one attached hydrogen (secondary N) is 2. The Hall–Kier alpha value is -2.69. The van der Waals surface area contributed by atoms with Crippen LogP contribution in [0.5, 0.6) is 0 Å². The molecule has 0 heterocycles. The third kappa shape index (κ3) is 5.68. The van der Waals surface area contributed by atoms with Gasteiger partial charge in [0.05, 0.1) is 20.5 Å². The van der Waals surface area contributed by atoms with Crippen LogP contribution >= 0.6 is 11.6 Å². The van der Waals surface area contributed by atoms with Crippen LogP contribution in [0.1, 0.15) is 20.3 Å². The van der Waals surface area contributed by atoms with Crippen molar-refractivity contribution >= 4 is 44.6 Å². The highest BCUT2D eigenvalue weighted by atomic mass is 35.5. The van der Waals surface area contributed by atoms with Gasteiger partial charge in [0.25, 0.3) is 5.69 Å². The van der Waals surface area contributed by atoms with Gasteiger partial charge < -0.3 is 10.6 Å². The Morgan fingerprint density at radius 2 is 1.80 bits per heavy atom. The van der Waals surface area contributed by atoms with E-state index in [9.17, 15) is 23.3 Å². The second-order valence-electron chi connectivity index (χ2n) is 6.23. The summed E-state index contributed by atoms with van der Waals surface area (Å²) in [5.74, 6) is -0.416. The molecule has 0 spiro atoms. The molecule has 2 N–H and O–H groups in total. The van der Waals surface area contributed by atoms with Gasteiger partial charge >= 0.3 is 0 Å². The molecule has 0 unspecified atom stereocenters. The number of rotatable bonds is 10. The number of sulfonamides is 1. The first kappa shape index (κ1) is 23.6. The number of hydrogen-bond acceptors (Lipinski definition) is 6. The highest BCUT2D eigenvalue weighted by Gasteiger charge is 2.23. The SMILES string of the molecule is CCN(CC)S(=O)(=O)c1ccc(Cl)c(NC(=O)CCNc2ccccc2[N+](=O)[O-])c1. The zero-order chi connectivity index (χ0) is 22.3. The smallest absolute Gasteiger partial charge is 0.292 e. The van der Waals surface area contributed by atoms with E-state index in [1.54, 1.807) is 32.0 Å². The maximum atomic E-state index is 12.7. The van der Waals surface area contributed by atoms with Gasteiger partial charge in [-0.1, -0.05) is 37.6 Å². The van der Waals surface area contributed by atoms with Crippen LogP contribution in [0.4, 0.5) is 17.1 Å². The fourth-order valence-electron chi connectivity index (χ4n) is 2.78. The van der Waals surface area contributed by atoms with Crippen LogP contribution in [0.2, 0.25) is 5.02 Å². The van der Waals surface area contributed by atoms with E-state index >= 15 is 0 Å². The molecule has 0 aliphatic rings. The number of carbonyl (C=O) groups is 1. The molecule has 0 atom stereocenters. The summed E-state index contributed by atoms with van der Waals surface area (Å²) in [5.41, 5.74) is 0.400. The standard InChI is InChI=1S/C19H23ClN4O5S/c1-3-23(4-2)30(28,29)14-9-10-15(20)17(13-14)22-19(25)11-12-21-16-7-5-6-8-18(16)24(26)27/h5-10,13,21H,3-4,11-12H2,1-2H3,(H,22,25). The summed E-state index contributed by atoms with van der Waals surface area (Å²) in [6, 6.07) is 10.2. The first-order chi connectivity index (χ1) is 14.2. The average Bonchev–Trinajstić information content (AvgIpc) is 2.70. The van der Waals surface area contributed by atoms with Crippen LogP contribution in [0.3, 0.4) is 0 Å². The number of halogens is 1. The van der Waals surface area contributed by atoms with Gasteiger partial charge in [-0.15, -0.1) is 0 Å². The minimum atomic E-state index is -3.69. The maximum absolute atomic E-state index is 12.7. The second kappa shape index (κ2) is 10.4. The van der Waals surface area contributed by atoms with E-state index in [0.717, 1.165) is 0 Å². The Labute approximate surface area is 180 Å². The lowest BCUT2D eigenvalue weighted by Gasteiger charge is -2.19. The van der Waals surface area contributed by atoms with Gasteiger partial charge in [-0.25, -0.2) is 8.42 Å². The fraction of sp³-hybridized carbons (Fsp3) is 0.316. The third-order valence-corrected chi connectivity index (χ3v) is 6.70. The number of amides is 1. The molecular weight excluding hydrogens is 432 g/mol. The number of anilines is 2. The lowest BCUT2D eigenvalue weighted by molar-refractivity contribution is -0.384. The molecule has 1 amide bonds. The van der Waals surface area contributed by atoms with Crippen LogP contribution in [-0.2, 0) is 14.8 Å². The molecule has 9 nitrogen and oxygen atoms in total. The van der Waals surface area contributed by atoms with Crippen molar-refractivity contribution in [2.24, 2.45) is 0 Å². The molecule has 162 valence electrons. The van der Waals surface area contributed by atoms with Crippen molar-refractivity contribution in [3.8, 4) is 0 Å². The van der Waals surface area contributed by atoms with E-state index in [4.69, 9.17) is 11.6 Å². The lowest BCUT2D eigenvalue weighted by Crippen LogP contribution is -2.30. The van der Waals surface area contributed by atoms with Crippen molar-refractivity contribution in [1.82, 2.24) is 4.31 Å². The molecule has 0 aliphatic heterocycles. The Bertz CT molecular complexity index is 1030. The van der Waals surface area contributed by atoms with E-state index in [-0.39, 0.29) is 34.3 Å². The van der Waals surface area contributed by atoms with Crippen molar-refractivity contribution in [1.29, 1.82) is 0 Å². The van der Waals surface area contributed by atoms with Crippen LogP contribution < -0.4 is 10.6 Å². The van der Waals surface area contributed by atoms with Gasteiger partial charge in [0, 0.05) is 32.1 Å². The molecular formula is C19H23ClN4O5S. The predicted octanol–water partition coefficient (Wildman–Crippen LogP) is 3.72. The zero-order valence-electron chi connectivity index (χ0n) is 16.6. The zero-order valence-corrected chi connectivity index (χ0v) is 18.2. The third-order valence-electron chi connectivity index (χ3n) is 4.32. The lowest BCUT2D eigenvalue weighted by atomic mass is 10.2. The summed E-state index contributed by atoms with van der Waals surface area (Å²) >= 11 is 6.11. The number of nitro groups is 1. The first-order valence-electron chi connectivity index (χ1n) is 9.27. The van der Waals surface area contributed by atoms with Gasteiger partial charge in [0.2, 0.25) is 15.9 Å². The first-order valence-corrected chi connectivity index (χ1v) is 11.1. The van der Waals surface area contributed by atoms with E-state index in [1.807, 2.05) is 0 Å². The molecule has 11 heteroatoms. The topological polar surface area (TPSA) is 122 Å². The van der Waals surface area contributed by atoms with Crippen LogP contribution in [0, 0.1) is 10.1 Å². The number of carbonyl (C=O) groups excluding carboxylic acids is 1. The molecule has 0 aromatic heterocycles. The van der Waals surface area contributed by atoms with Crippen molar-refractivity contribution in [2.45, 2.75) is 25.2 Å². The number of nitro benzene ring substituents is 1. The van der Waals surface area contributed by atoms with Gasteiger partial charge in [-0.2, -0.15) is 4.31 Å². The molecule has 2 aromatic carbocycles. The minimum Gasteiger partial charge on any atom is -0.379 e. The van der Waals surface area contributed by atoms with Gasteiger partial charge in [0.1, 0.15) is 5.69 Å². The predicted molar refractivity (Wildman–Crippen MR) is 116 cm³/mol. The summed E-state index contributed by atoms with van der Waals surface area (Å²) in [6.07, 6.45) is -0.00456. The van der Waals surface area contributed by atoms with Crippen LogP contribution in [0.15, 0.2) is 47.4 Å². The van der Waals surface area contributed by atoms with Crippen molar-refractivity contribution in [3.63, 3.8) is 0 Å². The van der Waals surface area contributed by atoms with Gasteiger partial charge in [-0.3, -0.25) is 14.9 Å². The van der Waals surface area contributed by atoms with Crippen molar-refractivity contribution in [3.05, 3.63) is 57.6 Å². The number of hydrogen-bond donors (Lipinski definition) is 2. The Balaban J connectivity index is 2.06. The average molecular weight is 455 g/mol. The number of benzene rings is 2. The monoisotopic (exact) mass is 454 g/mol. The molecule has 0 saturated carbocycles. The van der Waals surface area contributed by atoms with Gasteiger partial charge in [-0.05, 0) is 24.3 Å². The molecule has 2 aromatic rings. The molecule has 2 rings (SSSR count). The maximum Gasteiger partial charge on any atom is 0.292 e. The van der Waals surface area contributed by atoms with E-state index < -0.39 is 20.9 Å². The molecule has 0 aliphatic carbocycles. The molecule has 0 radical (unpaired) electrons. The minimum absolute atomic E-state index is 0.00456. The highest BCUT2D eigenvalue weighted by Crippen LogP contribution is 2.27. The van der Waals surface area contributed by atoms with E-state index in [0.29, 0.717) is 18.8 Å². The molecule has 30 heavy (non-hydrogen) atoms. The summed E-state index contributed by atoms with van der Waals surface area (Å²) in [4.78, 5) is 22.8. The van der Waals surface area contributed by atoms with Crippen molar-refractivity contribution < 1.29 is 18.1 Å². The van der Waals surface area contributed by atoms with Crippen LogP contribution in [-0.4, -0.2) is 43.2 Å². The second-order valence-corrected chi connectivity index (χ2v) is 8.58. The number of nitrogens with zero attached hydrogens (tertiary/aromatic N) is 2. The number of para-hydroxylation sites is 2. The van der Waals surface area contributed by atoms with Crippen molar-refractivity contribution in [2.75, 3.05) is 30.3 Å². The fourth-order valence-corrected chi connectivity index (χ4v) is 4.43. The van der Waals surface area contributed by atoms with Gasteiger partial charge in [0.15, 0.2) is 0 Å². The summed E-state index contributed by atoms with van der Waals surface area (Å²) < 4.78 is 26.6. The quantitative estimate of drug-likeness (QED) is 0.416. The Kier molecular flexibility index (Phi) is 8.16. The van der Waals surface area contributed by atoms with E-state index in [1.165, 1.54) is 28.6 Å². The molecule has 0 fully saturated rings. The van der Waals surface area contributed by atoms with E-state index in [2.05, 4.69) is 10.6 Å². The van der Waals surface area contributed by atoms with Crippen LogP contribution in [0.25, 0.3) is 0 Å². The largest absolute Gasteiger partial charge is 0.379 e. The molecule has 0 bridgehead atoms. The Morgan fingerprint density at radius 3 is 2.43 bits per heavy atom. The normalized spacial score (nSPS) is 11.3. The summed E-state index contributed by atoms with van der Waals surface area (Å²) in [5, 5.41) is 16.7.